The first-order valence-electron chi connectivity index (χ1n) is 8.62. The summed E-state index contributed by atoms with van der Waals surface area (Å²) in [4.78, 5) is 15.3. The fraction of sp³-hybridized carbons (Fsp3) is 0. The predicted octanol–water partition coefficient (Wildman–Crippen LogP) is 6.04. The summed E-state index contributed by atoms with van der Waals surface area (Å²) < 4.78 is 5.75. The van der Waals surface area contributed by atoms with Gasteiger partial charge in [0, 0.05) is 23.1 Å². The molecule has 0 radical (unpaired) electrons. The van der Waals surface area contributed by atoms with Gasteiger partial charge in [0.2, 0.25) is 0 Å². The smallest absolute Gasteiger partial charge is 0.280 e. The van der Waals surface area contributed by atoms with Crippen molar-refractivity contribution in [3.63, 3.8) is 0 Å². The molecule has 0 spiro atoms. The number of nitrogens with zero attached hydrogens (tertiary/aromatic N) is 3. The topological polar surface area (TPSA) is 93.0 Å². The maximum Gasteiger partial charge on any atom is 0.280 e. The molecule has 0 N–H and O–H groups in total. The van der Waals surface area contributed by atoms with Crippen LogP contribution in [-0.2, 0) is 0 Å². The van der Waals surface area contributed by atoms with Crippen LogP contribution in [-0.4, -0.2) is 9.91 Å². The largest absolute Gasteiger partial charge is 0.456 e. The standard InChI is InChI=1S/C22H13N3O3S/c23-13-16(22-24-19(14-29-22)15-6-2-1-3-7-15)12-17-10-11-21(28-17)18-8-4-5-9-20(18)25(26)27/h1-12,14H. The minimum Gasteiger partial charge on any atom is -0.456 e. The Hall–Kier alpha value is -4.02. The molecule has 6 nitrogen and oxygen atoms in total. The Morgan fingerprint density at radius 1 is 1.10 bits per heavy atom. The van der Waals surface area contributed by atoms with Gasteiger partial charge in [-0.1, -0.05) is 42.5 Å². The zero-order valence-corrected chi connectivity index (χ0v) is 15.8. The molecular formula is C22H13N3O3S. The lowest BCUT2D eigenvalue weighted by atomic mass is 10.1. The Bertz CT molecular complexity index is 1250. The monoisotopic (exact) mass is 399 g/mol. The van der Waals surface area contributed by atoms with E-state index in [0.29, 0.717) is 27.7 Å². The van der Waals surface area contributed by atoms with E-state index >= 15 is 0 Å². The van der Waals surface area contributed by atoms with Crippen LogP contribution in [0.5, 0.6) is 0 Å². The van der Waals surface area contributed by atoms with Crippen molar-refractivity contribution in [2.75, 3.05) is 0 Å². The molecule has 7 heteroatoms. The van der Waals surface area contributed by atoms with E-state index in [1.54, 1.807) is 36.4 Å². The summed E-state index contributed by atoms with van der Waals surface area (Å²) in [7, 11) is 0. The van der Waals surface area contributed by atoms with Gasteiger partial charge in [0.15, 0.2) is 0 Å². The highest BCUT2D eigenvalue weighted by molar-refractivity contribution is 7.11. The van der Waals surface area contributed by atoms with E-state index in [0.717, 1.165) is 11.3 Å². The first-order valence-corrected chi connectivity index (χ1v) is 9.50. The highest BCUT2D eigenvalue weighted by atomic mass is 32.1. The normalized spacial score (nSPS) is 11.2. The summed E-state index contributed by atoms with van der Waals surface area (Å²) >= 11 is 1.37. The fourth-order valence-corrected chi connectivity index (χ4v) is 3.63. The lowest BCUT2D eigenvalue weighted by molar-refractivity contribution is -0.384. The second kappa shape index (κ2) is 7.92. The zero-order chi connectivity index (χ0) is 20.2. The zero-order valence-electron chi connectivity index (χ0n) is 15.0. The molecule has 0 saturated heterocycles. The number of para-hydroxylation sites is 1. The van der Waals surface area contributed by atoms with Crippen LogP contribution in [0.3, 0.4) is 0 Å². The number of furan rings is 1. The molecule has 0 aliphatic heterocycles. The van der Waals surface area contributed by atoms with Crippen LogP contribution >= 0.6 is 11.3 Å². The van der Waals surface area contributed by atoms with Crippen molar-refractivity contribution in [3.05, 3.63) is 93.0 Å². The number of nitro benzene ring substituents is 1. The van der Waals surface area contributed by atoms with Gasteiger partial charge in [0.25, 0.3) is 5.69 Å². The van der Waals surface area contributed by atoms with Gasteiger partial charge in [-0.3, -0.25) is 10.1 Å². The molecule has 0 amide bonds. The molecule has 4 aromatic rings. The van der Waals surface area contributed by atoms with E-state index in [2.05, 4.69) is 11.1 Å². The van der Waals surface area contributed by atoms with Crippen molar-refractivity contribution in [3.8, 4) is 28.7 Å². The predicted molar refractivity (Wildman–Crippen MR) is 112 cm³/mol. The Morgan fingerprint density at radius 3 is 2.62 bits per heavy atom. The first-order chi connectivity index (χ1) is 14.2. The number of rotatable bonds is 5. The van der Waals surface area contributed by atoms with Gasteiger partial charge in [-0.15, -0.1) is 11.3 Å². The van der Waals surface area contributed by atoms with Crippen molar-refractivity contribution >= 4 is 28.7 Å². The molecule has 0 bridgehead atoms. The van der Waals surface area contributed by atoms with Gasteiger partial charge in [0.1, 0.15) is 22.6 Å². The van der Waals surface area contributed by atoms with Gasteiger partial charge < -0.3 is 4.42 Å². The van der Waals surface area contributed by atoms with E-state index in [1.165, 1.54) is 17.4 Å². The molecule has 0 fully saturated rings. The maximum atomic E-state index is 11.2. The SMILES string of the molecule is N#CC(=Cc1ccc(-c2ccccc2[N+](=O)[O-])o1)c1nc(-c2ccccc2)cs1. The van der Waals surface area contributed by atoms with Crippen molar-refractivity contribution < 1.29 is 9.34 Å². The lowest BCUT2D eigenvalue weighted by Crippen LogP contribution is -1.90. The summed E-state index contributed by atoms with van der Waals surface area (Å²) in [6.45, 7) is 0. The molecule has 2 aromatic heterocycles. The summed E-state index contributed by atoms with van der Waals surface area (Å²) in [5.74, 6) is 0.788. The summed E-state index contributed by atoms with van der Waals surface area (Å²) in [6.07, 6.45) is 1.59. The van der Waals surface area contributed by atoms with Crippen molar-refractivity contribution in [1.29, 1.82) is 5.26 Å². The molecule has 2 aromatic carbocycles. The number of benzene rings is 2. The minimum atomic E-state index is -0.450. The molecule has 2 heterocycles. The second-order valence-electron chi connectivity index (χ2n) is 6.05. The molecule has 0 aliphatic carbocycles. The summed E-state index contributed by atoms with van der Waals surface area (Å²) in [5.41, 5.74) is 2.48. The van der Waals surface area contributed by atoms with Crippen LogP contribution in [0.15, 0.2) is 76.5 Å². The number of hydrogen-bond donors (Lipinski definition) is 0. The third-order valence-corrected chi connectivity index (χ3v) is 5.08. The molecule has 29 heavy (non-hydrogen) atoms. The van der Waals surface area contributed by atoms with Gasteiger partial charge in [-0.05, 0) is 18.2 Å². The number of nitro groups is 1. The van der Waals surface area contributed by atoms with E-state index in [-0.39, 0.29) is 5.69 Å². The van der Waals surface area contributed by atoms with Gasteiger partial charge in [-0.2, -0.15) is 5.26 Å². The lowest BCUT2D eigenvalue weighted by Gasteiger charge is -1.98. The maximum absolute atomic E-state index is 11.2. The van der Waals surface area contributed by atoms with Crippen LogP contribution in [0.2, 0.25) is 0 Å². The summed E-state index contributed by atoms with van der Waals surface area (Å²) in [5, 5.41) is 23.3. The third kappa shape index (κ3) is 3.83. The van der Waals surface area contributed by atoms with Crippen LogP contribution in [0.1, 0.15) is 10.8 Å². The van der Waals surface area contributed by atoms with Gasteiger partial charge in [-0.25, -0.2) is 4.98 Å². The molecule has 4 rings (SSSR count). The van der Waals surface area contributed by atoms with Crippen LogP contribution in [0.4, 0.5) is 5.69 Å². The Labute approximate surface area is 170 Å². The van der Waals surface area contributed by atoms with E-state index in [9.17, 15) is 15.4 Å². The van der Waals surface area contributed by atoms with Gasteiger partial charge in [0.05, 0.1) is 21.8 Å². The highest BCUT2D eigenvalue weighted by Crippen LogP contribution is 2.32. The molecular weight excluding hydrogens is 386 g/mol. The van der Waals surface area contributed by atoms with Crippen molar-refractivity contribution in [2.24, 2.45) is 0 Å². The first kappa shape index (κ1) is 18.3. The highest BCUT2D eigenvalue weighted by Gasteiger charge is 2.17. The number of thiazole rings is 1. The van der Waals surface area contributed by atoms with Crippen molar-refractivity contribution in [1.82, 2.24) is 4.98 Å². The number of aromatic nitrogens is 1. The second-order valence-corrected chi connectivity index (χ2v) is 6.91. The minimum absolute atomic E-state index is 0.0367. The van der Waals surface area contributed by atoms with Crippen LogP contribution in [0.25, 0.3) is 34.2 Å². The number of hydrogen-bond acceptors (Lipinski definition) is 6. The van der Waals surface area contributed by atoms with E-state index in [1.807, 2.05) is 35.7 Å². The molecule has 0 saturated carbocycles. The Balaban J connectivity index is 1.66. The molecule has 0 atom stereocenters. The van der Waals surface area contributed by atoms with Crippen LogP contribution < -0.4 is 0 Å². The summed E-state index contributed by atoms with van der Waals surface area (Å²) in [6, 6.07) is 21.6. The average molecular weight is 399 g/mol. The van der Waals surface area contributed by atoms with Crippen molar-refractivity contribution in [2.45, 2.75) is 0 Å². The van der Waals surface area contributed by atoms with E-state index in [4.69, 9.17) is 4.42 Å². The quantitative estimate of drug-likeness (QED) is 0.232. The molecule has 140 valence electrons. The van der Waals surface area contributed by atoms with E-state index < -0.39 is 4.92 Å². The fourth-order valence-electron chi connectivity index (χ4n) is 2.84. The average Bonchev–Trinajstić information content (AvgIpc) is 3.42. The molecule has 0 unspecified atom stereocenters. The number of nitriles is 1. The van der Waals surface area contributed by atoms with Crippen LogP contribution in [0, 0.1) is 21.4 Å². The Kier molecular flexibility index (Phi) is 5.01. The molecule has 0 aliphatic rings. The number of allylic oxidation sites excluding steroid dienone is 1. The van der Waals surface area contributed by atoms with Gasteiger partial charge >= 0.3 is 0 Å². The Morgan fingerprint density at radius 2 is 1.86 bits per heavy atom. The third-order valence-electron chi connectivity index (χ3n) is 4.20.